The Morgan fingerprint density at radius 3 is 2.17 bits per heavy atom. The summed E-state index contributed by atoms with van der Waals surface area (Å²) >= 11 is 0. The maximum atomic E-state index is 12.8. The van der Waals surface area contributed by atoms with E-state index < -0.39 is 29.6 Å². The van der Waals surface area contributed by atoms with Gasteiger partial charge in [0.15, 0.2) is 5.78 Å². The van der Waals surface area contributed by atoms with E-state index in [-0.39, 0.29) is 26.1 Å². The van der Waals surface area contributed by atoms with Crippen molar-refractivity contribution < 1.29 is 28.6 Å². The van der Waals surface area contributed by atoms with Crippen LogP contribution in [0.5, 0.6) is 5.75 Å². The zero-order valence-corrected chi connectivity index (χ0v) is 14.2. The highest BCUT2D eigenvalue weighted by molar-refractivity contribution is 6.09. The van der Waals surface area contributed by atoms with Gasteiger partial charge in [-0.2, -0.15) is 0 Å². The maximum absolute atomic E-state index is 12.8. The van der Waals surface area contributed by atoms with Gasteiger partial charge in [-0.1, -0.05) is 12.1 Å². The smallest absolute Gasteiger partial charge is 0.316 e. The van der Waals surface area contributed by atoms with E-state index in [1.165, 1.54) is 7.11 Å². The van der Waals surface area contributed by atoms with Crippen molar-refractivity contribution in [2.75, 3.05) is 20.3 Å². The normalized spacial score (nSPS) is 19.9. The SMILES string of the molecule is CCOC(=O)[C@H]1Cc2cccc(OC)c2C[C@H](C(=O)OCC)C1=O. The molecule has 0 spiro atoms. The molecule has 6 nitrogen and oxygen atoms in total. The molecule has 1 aromatic carbocycles. The lowest BCUT2D eigenvalue weighted by molar-refractivity contribution is -0.157. The van der Waals surface area contributed by atoms with Crippen LogP contribution in [0.3, 0.4) is 0 Å². The number of esters is 2. The van der Waals surface area contributed by atoms with Gasteiger partial charge < -0.3 is 14.2 Å². The Morgan fingerprint density at radius 2 is 1.62 bits per heavy atom. The number of hydrogen-bond donors (Lipinski definition) is 0. The largest absolute Gasteiger partial charge is 0.496 e. The summed E-state index contributed by atoms with van der Waals surface area (Å²) in [6, 6.07) is 5.41. The number of methoxy groups -OCH3 is 1. The number of carbonyl (C=O) groups is 3. The van der Waals surface area contributed by atoms with Crippen LogP contribution in [0.4, 0.5) is 0 Å². The van der Waals surface area contributed by atoms with E-state index in [4.69, 9.17) is 14.2 Å². The lowest BCUT2D eigenvalue weighted by Crippen LogP contribution is -2.36. The van der Waals surface area contributed by atoms with Crippen LogP contribution >= 0.6 is 0 Å². The van der Waals surface area contributed by atoms with Crippen LogP contribution in [0.1, 0.15) is 25.0 Å². The first-order valence-corrected chi connectivity index (χ1v) is 8.05. The molecule has 0 N–H and O–H groups in total. The number of Topliss-reactive ketones (excluding diaryl/α,β-unsaturated/α-hetero) is 1. The van der Waals surface area contributed by atoms with Crippen LogP contribution in [-0.2, 0) is 36.7 Å². The molecule has 2 rings (SSSR count). The van der Waals surface area contributed by atoms with Crippen molar-refractivity contribution in [3.05, 3.63) is 29.3 Å². The van der Waals surface area contributed by atoms with Gasteiger partial charge >= 0.3 is 11.9 Å². The highest BCUT2D eigenvalue weighted by Gasteiger charge is 2.41. The Balaban J connectivity index is 2.47. The Bertz CT molecular complexity index is 636. The molecule has 0 heterocycles. The summed E-state index contributed by atoms with van der Waals surface area (Å²) < 4.78 is 15.4. The summed E-state index contributed by atoms with van der Waals surface area (Å²) in [6.45, 7) is 3.71. The van der Waals surface area contributed by atoms with Gasteiger partial charge in [0.1, 0.15) is 17.6 Å². The monoisotopic (exact) mass is 334 g/mol. The van der Waals surface area contributed by atoms with Crippen LogP contribution in [-0.4, -0.2) is 38.0 Å². The molecule has 0 saturated carbocycles. The van der Waals surface area contributed by atoms with E-state index in [0.29, 0.717) is 5.75 Å². The second-order valence-corrected chi connectivity index (χ2v) is 5.52. The topological polar surface area (TPSA) is 78.9 Å². The van der Waals surface area contributed by atoms with Gasteiger partial charge in [-0.15, -0.1) is 0 Å². The minimum atomic E-state index is -1.03. The molecule has 2 atom stereocenters. The standard InChI is InChI=1S/C18H22O6/c1-4-23-17(20)13-9-11-7-6-8-15(22-3)12(11)10-14(16(13)19)18(21)24-5-2/h6-8,13-14H,4-5,9-10H2,1-3H3/t13-,14-/m0/s1. The molecule has 130 valence electrons. The predicted octanol–water partition coefficient (Wildman–Crippen LogP) is 1.72. The average molecular weight is 334 g/mol. The zero-order chi connectivity index (χ0) is 17.7. The first-order valence-electron chi connectivity index (χ1n) is 8.05. The van der Waals surface area contributed by atoms with Gasteiger partial charge in [-0.25, -0.2) is 0 Å². The van der Waals surface area contributed by atoms with Crippen molar-refractivity contribution in [1.82, 2.24) is 0 Å². The van der Waals surface area contributed by atoms with Gasteiger partial charge in [0.2, 0.25) is 0 Å². The van der Waals surface area contributed by atoms with Gasteiger partial charge in [0, 0.05) is 0 Å². The third-order valence-corrected chi connectivity index (χ3v) is 4.11. The summed E-state index contributed by atoms with van der Waals surface area (Å²) in [7, 11) is 1.53. The van der Waals surface area contributed by atoms with Crippen LogP contribution in [0.15, 0.2) is 18.2 Å². The van der Waals surface area contributed by atoms with Gasteiger partial charge in [-0.05, 0) is 43.9 Å². The van der Waals surface area contributed by atoms with Gasteiger partial charge in [0.05, 0.1) is 20.3 Å². The van der Waals surface area contributed by atoms with Crippen molar-refractivity contribution in [1.29, 1.82) is 0 Å². The number of hydrogen-bond acceptors (Lipinski definition) is 6. The number of ketones is 1. The molecule has 6 heteroatoms. The lowest BCUT2D eigenvalue weighted by Gasteiger charge is -2.16. The molecule has 0 unspecified atom stereocenters. The van der Waals surface area contributed by atoms with Crippen molar-refractivity contribution in [3.63, 3.8) is 0 Å². The Kier molecular flexibility index (Phi) is 5.95. The number of carbonyl (C=O) groups excluding carboxylic acids is 3. The van der Waals surface area contributed by atoms with Crippen LogP contribution in [0.2, 0.25) is 0 Å². The molecule has 0 fully saturated rings. The quantitative estimate of drug-likeness (QED) is 0.463. The molecule has 0 saturated heterocycles. The van der Waals surface area contributed by atoms with Crippen molar-refractivity contribution in [2.24, 2.45) is 11.8 Å². The highest BCUT2D eigenvalue weighted by atomic mass is 16.5. The van der Waals surface area contributed by atoms with Crippen molar-refractivity contribution in [3.8, 4) is 5.75 Å². The number of benzene rings is 1. The fraction of sp³-hybridized carbons (Fsp3) is 0.500. The van der Waals surface area contributed by atoms with E-state index >= 15 is 0 Å². The summed E-state index contributed by atoms with van der Waals surface area (Å²) in [5, 5.41) is 0. The second-order valence-electron chi connectivity index (χ2n) is 5.52. The molecular formula is C18H22O6. The Labute approximate surface area is 141 Å². The molecular weight excluding hydrogens is 312 g/mol. The molecule has 0 aromatic heterocycles. The minimum absolute atomic E-state index is 0.160. The number of fused-ring (bicyclic) bond motifs is 1. The third kappa shape index (κ3) is 3.58. The van der Waals surface area contributed by atoms with Gasteiger partial charge in [-0.3, -0.25) is 14.4 Å². The molecule has 1 aliphatic carbocycles. The summed E-state index contributed by atoms with van der Waals surface area (Å²) in [5.74, 6) is -3.11. The fourth-order valence-corrected chi connectivity index (χ4v) is 2.98. The molecule has 0 amide bonds. The maximum Gasteiger partial charge on any atom is 0.316 e. The Hall–Kier alpha value is -2.37. The highest BCUT2D eigenvalue weighted by Crippen LogP contribution is 2.33. The van der Waals surface area contributed by atoms with Gasteiger partial charge in [0.25, 0.3) is 0 Å². The summed E-state index contributed by atoms with van der Waals surface area (Å²) in [6.07, 6.45) is 0.354. The van der Waals surface area contributed by atoms with Crippen molar-refractivity contribution in [2.45, 2.75) is 26.7 Å². The first-order chi connectivity index (χ1) is 11.5. The predicted molar refractivity (Wildman–Crippen MR) is 85.7 cm³/mol. The van der Waals surface area contributed by atoms with E-state index in [9.17, 15) is 14.4 Å². The first kappa shape index (κ1) is 18.0. The van der Waals surface area contributed by atoms with E-state index in [2.05, 4.69) is 0 Å². The lowest BCUT2D eigenvalue weighted by atomic mass is 9.90. The molecule has 24 heavy (non-hydrogen) atoms. The minimum Gasteiger partial charge on any atom is -0.496 e. The zero-order valence-electron chi connectivity index (χ0n) is 14.2. The van der Waals surface area contributed by atoms with Crippen LogP contribution in [0, 0.1) is 11.8 Å². The summed E-state index contributed by atoms with van der Waals surface area (Å²) in [5.41, 5.74) is 1.57. The van der Waals surface area contributed by atoms with E-state index in [0.717, 1.165) is 11.1 Å². The molecule has 0 bridgehead atoms. The number of ether oxygens (including phenoxy) is 3. The third-order valence-electron chi connectivity index (χ3n) is 4.11. The van der Waals surface area contributed by atoms with Crippen LogP contribution < -0.4 is 4.74 Å². The summed E-state index contributed by atoms with van der Waals surface area (Å²) in [4.78, 5) is 37.3. The molecule has 1 aliphatic rings. The van der Waals surface area contributed by atoms with Crippen LogP contribution in [0.25, 0.3) is 0 Å². The molecule has 0 aliphatic heterocycles. The van der Waals surface area contributed by atoms with E-state index in [1.807, 2.05) is 6.07 Å². The molecule has 0 radical (unpaired) electrons. The average Bonchev–Trinajstić information content (AvgIpc) is 2.72. The molecule has 1 aromatic rings. The van der Waals surface area contributed by atoms with E-state index in [1.54, 1.807) is 26.0 Å². The number of rotatable bonds is 5. The Morgan fingerprint density at radius 1 is 1.04 bits per heavy atom. The fourth-order valence-electron chi connectivity index (χ4n) is 2.98. The van der Waals surface area contributed by atoms with Crippen molar-refractivity contribution >= 4 is 17.7 Å². The second kappa shape index (κ2) is 7.95.